The Kier molecular flexibility index (Phi) is 8.58. The van der Waals surface area contributed by atoms with Crippen LogP contribution in [0.1, 0.15) is 47.9 Å². The second-order valence-electron chi connectivity index (χ2n) is 10.5. The lowest BCUT2D eigenvalue weighted by Crippen LogP contribution is -2.26. The van der Waals surface area contributed by atoms with Crippen molar-refractivity contribution in [1.29, 1.82) is 0 Å². The predicted molar refractivity (Wildman–Crippen MR) is 165 cm³/mol. The topological polar surface area (TPSA) is 54.3 Å². The standard InChI is InChI=1S/C32H30Cl2FN3O2S/c33-23-8-12-27(29(34)18-23)28-4-1-3-21-17-22(31-36-32(41)40-37-31)7-11-26(21)30(28)20-5-9-24(10-6-20)39-25-13-16-38(19-25)15-2-14-35/h5-12,17-18,25H,1-4,13-16,19H2,(H,36,37,41). The van der Waals surface area contributed by atoms with Gasteiger partial charge in [-0.1, -0.05) is 53.5 Å². The van der Waals surface area contributed by atoms with E-state index in [4.69, 9.17) is 44.7 Å². The number of fused-ring (bicyclic) bond motifs is 1. The lowest BCUT2D eigenvalue weighted by Gasteiger charge is -2.19. The first-order chi connectivity index (χ1) is 20.0. The molecule has 1 aliphatic heterocycles. The molecule has 5 nitrogen and oxygen atoms in total. The van der Waals surface area contributed by atoms with Crippen LogP contribution in [0.2, 0.25) is 10.0 Å². The van der Waals surface area contributed by atoms with E-state index in [-0.39, 0.29) is 17.6 Å². The summed E-state index contributed by atoms with van der Waals surface area (Å²) in [6, 6.07) is 20.4. The van der Waals surface area contributed by atoms with Gasteiger partial charge >= 0.3 is 4.84 Å². The van der Waals surface area contributed by atoms with E-state index in [0.717, 1.165) is 78.9 Å². The smallest absolute Gasteiger partial charge is 0.314 e. The van der Waals surface area contributed by atoms with Gasteiger partial charge in [0.25, 0.3) is 0 Å². The molecule has 1 N–H and O–H groups in total. The number of allylic oxidation sites excluding steroid dienone is 1. The lowest BCUT2D eigenvalue weighted by molar-refractivity contribution is 0.198. The van der Waals surface area contributed by atoms with E-state index in [1.54, 1.807) is 6.07 Å². The maximum Gasteiger partial charge on any atom is 0.314 e. The number of likely N-dealkylation sites (tertiary alicyclic amines) is 1. The summed E-state index contributed by atoms with van der Waals surface area (Å²) in [6.45, 7) is 2.28. The Balaban J connectivity index is 1.37. The molecule has 0 amide bonds. The maximum atomic E-state index is 12.6. The summed E-state index contributed by atoms with van der Waals surface area (Å²) < 4.78 is 24.1. The van der Waals surface area contributed by atoms with Gasteiger partial charge in [-0.25, -0.2) is 5.16 Å². The predicted octanol–water partition coefficient (Wildman–Crippen LogP) is 8.81. The number of H-pyrrole nitrogens is 1. The number of hydrogen-bond donors (Lipinski definition) is 1. The molecule has 0 saturated carbocycles. The summed E-state index contributed by atoms with van der Waals surface area (Å²) >= 11 is 18.1. The molecule has 4 aromatic rings. The highest BCUT2D eigenvalue weighted by atomic mass is 35.5. The number of alkyl halides is 1. The molecule has 41 heavy (non-hydrogen) atoms. The third kappa shape index (κ3) is 6.28. The minimum atomic E-state index is -0.277. The fourth-order valence-electron chi connectivity index (χ4n) is 5.89. The Hall–Kier alpha value is -2.97. The van der Waals surface area contributed by atoms with Gasteiger partial charge in [0.05, 0.1) is 6.67 Å². The summed E-state index contributed by atoms with van der Waals surface area (Å²) in [5.41, 5.74) is 7.71. The Labute approximate surface area is 253 Å². The second kappa shape index (κ2) is 12.5. The van der Waals surface area contributed by atoms with Crippen molar-refractivity contribution in [3.05, 3.63) is 97.8 Å². The van der Waals surface area contributed by atoms with Crippen molar-refractivity contribution >= 4 is 46.6 Å². The van der Waals surface area contributed by atoms with Crippen LogP contribution in [0.4, 0.5) is 4.39 Å². The van der Waals surface area contributed by atoms with Gasteiger partial charge in [-0.3, -0.25) is 9.29 Å². The van der Waals surface area contributed by atoms with E-state index >= 15 is 0 Å². The minimum absolute atomic E-state index is 0.115. The molecule has 0 radical (unpaired) electrons. The molecule has 1 atom stereocenters. The SMILES string of the molecule is FCCCN1CCC(Oc2ccc(C3=C(c4ccc(Cl)cc4Cl)CCCc4cc(-c5nc(=S)o[nH]5)ccc43)cc2)C1. The Morgan fingerprint density at radius 3 is 2.59 bits per heavy atom. The molecule has 212 valence electrons. The number of aromatic nitrogens is 2. The van der Waals surface area contributed by atoms with Crippen LogP contribution in [-0.2, 0) is 6.42 Å². The van der Waals surface area contributed by atoms with Gasteiger partial charge in [0.1, 0.15) is 11.9 Å². The molecule has 1 unspecified atom stereocenters. The van der Waals surface area contributed by atoms with Crippen molar-refractivity contribution in [1.82, 2.24) is 15.0 Å². The number of rotatable bonds is 8. The summed E-state index contributed by atoms with van der Waals surface area (Å²) in [5.74, 6) is 1.45. The number of halogens is 3. The van der Waals surface area contributed by atoms with Gasteiger partial charge in [-0.15, -0.1) is 0 Å². The molecule has 0 spiro atoms. The van der Waals surface area contributed by atoms with Crippen LogP contribution in [-0.4, -0.2) is 47.5 Å². The Bertz CT molecular complexity index is 1630. The third-order valence-electron chi connectivity index (χ3n) is 7.80. The molecular weight excluding hydrogens is 580 g/mol. The summed E-state index contributed by atoms with van der Waals surface area (Å²) in [6.07, 6.45) is 4.37. The van der Waals surface area contributed by atoms with Gasteiger partial charge < -0.3 is 9.26 Å². The normalized spacial score (nSPS) is 17.5. The molecule has 0 bridgehead atoms. The van der Waals surface area contributed by atoms with Crippen molar-refractivity contribution < 1.29 is 13.7 Å². The van der Waals surface area contributed by atoms with Crippen LogP contribution in [0.3, 0.4) is 0 Å². The largest absolute Gasteiger partial charge is 0.489 e. The molecule has 3 aromatic carbocycles. The number of hydrogen-bond acceptors (Lipinski definition) is 5. The van der Waals surface area contributed by atoms with Crippen molar-refractivity contribution in [3.63, 3.8) is 0 Å². The zero-order valence-corrected chi connectivity index (χ0v) is 24.8. The van der Waals surface area contributed by atoms with Crippen LogP contribution >= 0.6 is 35.4 Å². The van der Waals surface area contributed by atoms with Crippen molar-refractivity contribution in [2.24, 2.45) is 0 Å². The van der Waals surface area contributed by atoms with Crippen molar-refractivity contribution in [2.45, 2.75) is 38.2 Å². The van der Waals surface area contributed by atoms with Crippen LogP contribution in [0, 0.1) is 4.84 Å². The van der Waals surface area contributed by atoms with Gasteiger partial charge in [-0.2, -0.15) is 4.98 Å². The fourth-order valence-corrected chi connectivity index (χ4v) is 6.55. The average Bonchev–Trinajstić information content (AvgIpc) is 3.56. The number of nitrogens with one attached hydrogen (secondary N) is 1. The second-order valence-corrected chi connectivity index (χ2v) is 11.7. The average molecular weight is 611 g/mol. The van der Waals surface area contributed by atoms with Gasteiger partial charge in [0, 0.05) is 35.2 Å². The van der Waals surface area contributed by atoms with E-state index in [1.165, 1.54) is 11.1 Å². The lowest BCUT2D eigenvalue weighted by atomic mass is 9.87. The van der Waals surface area contributed by atoms with E-state index in [2.05, 4.69) is 39.3 Å². The molecule has 2 aliphatic rings. The van der Waals surface area contributed by atoms with Gasteiger partial charge in [-0.05, 0) is 108 Å². The number of aromatic amines is 1. The molecule has 9 heteroatoms. The van der Waals surface area contributed by atoms with E-state index in [0.29, 0.717) is 22.3 Å². The zero-order chi connectivity index (χ0) is 28.3. The highest BCUT2D eigenvalue weighted by Crippen LogP contribution is 2.43. The number of aryl methyl sites for hydroxylation is 1. The quantitative estimate of drug-likeness (QED) is 0.202. The van der Waals surface area contributed by atoms with Crippen molar-refractivity contribution in [3.8, 4) is 17.1 Å². The monoisotopic (exact) mass is 609 g/mol. The third-order valence-corrected chi connectivity index (χ3v) is 8.52. The van der Waals surface area contributed by atoms with Gasteiger partial charge in [0.15, 0.2) is 5.82 Å². The molecule has 1 saturated heterocycles. The highest BCUT2D eigenvalue weighted by molar-refractivity contribution is 7.71. The van der Waals surface area contributed by atoms with E-state index in [9.17, 15) is 4.39 Å². The van der Waals surface area contributed by atoms with Crippen LogP contribution in [0.25, 0.3) is 22.5 Å². The van der Waals surface area contributed by atoms with Crippen LogP contribution in [0.5, 0.6) is 5.75 Å². The van der Waals surface area contributed by atoms with Crippen molar-refractivity contribution in [2.75, 3.05) is 26.3 Å². The van der Waals surface area contributed by atoms with E-state index < -0.39 is 0 Å². The highest BCUT2D eigenvalue weighted by Gasteiger charge is 2.25. The van der Waals surface area contributed by atoms with Gasteiger partial charge in [0.2, 0.25) is 0 Å². The molecule has 1 aliphatic carbocycles. The molecule has 1 fully saturated rings. The summed E-state index contributed by atoms with van der Waals surface area (Å²) in [5, 5.41) is 4.07. The van der Waals surface area contributed by atoms with E-state index in [1.807, 2.05) is 30.3 Å². The molecule has 6 rings (SSSR count). The molecule has 2 heterocycles. The van der Waals surface area contributed by atoms with Crippen LogP contribution < -0.4 is 4.74 Å². The molecule has 1 aromatic heterocycles. The summed E-state index contributed by atoms with van der Waals surface area (Å²) in [4.78, 5) is 6.76. The number of benzene rings is 3. The first kappa shape index (κ1) is 28.2. The summed E-state index contributed by atoms with van der Waals surface area (Å²) in [7, 11) is 0. The first-order valence-electron chi connectivity index (χ1n) is 13.9. The van der Waals surface area contributed by atoms with Crippen LogP contribution in [0.15, 0.2) is 65.2 Å². The zero-order valence-electron chi connectivity index (χ0n) is 22.5. The Morgan fingerprint density at radius 2 is 1.83 bits per heavy atom. The first-order valence-corrected chi connectivity index (χ1v) is 15.1. The fraction of sp³-hybridized carbons (Fsp3) is 0.312. The molecular formula is C32H30Cl2FN3O2S. The Morgan fingerprint density at radius 1 is 1.02 bits per heavy atom. The number of ether oxygens (including phenoxy) is 1. The minimum Gasteiger partial charge on any atom is -0.489 e. The number of nitrogens with zero attached hydrogens (tertiary/aromatic N) is 2. The maximum absolute atomic E-state index is 12.6.